The van der Waals surface area contributed by atoms with Crippen LogP contribution < -0.4 is 15.1 Å². The lowest BCUT2D eigenvalue weighted by Gasteiger charge is -2.38. The van der Waals surface area contributed by atoms with Crippen molar-refractivity contribution < 1.29 is 22.4 Å². The highest BCUT2D eigenvalue weighted by molar-refractivity contribution is 7.88. The van der Waals surface area contributed by atoms with E-state index in [9.17, 15) is 18.0 Å². The van der Waals surface area contributed by atoms with Gasteiger partial charge in [-0.1, -0.05) is 18.2 Å². The van der Waals surface area contributed by atoms with Crippen LogP contribution in [0.5, 0.6) is 0 Å². The minimum absolute atomic E-state index is 0.0118. The molecule has 0 saturated carbocycles. The van der Waals surface area contributed by atoms with Gasteiger partial charge in [0.05, 0.1) is 23.9 Å². The van der Waals surface area contributed by atoms with E-state index in [1.807, 2.05) is 18.2 Å². The lowest BCUT2D eigenvalue weighted by Crippen LogP contribution is -2.47. The summed E-state index contributed by atoms with van der Waals surface area (Å²) in [7, 11) is -3.21. The van der Waals surface area contributed by atoms with Crippen molar-refractivity contribution in [1.29, 1.82) is 0 Å². The van der Waals surface area contributed by atoms with Gasteiger partial charge in [0.15, 0.2) is 11.5 Å². The van der Waals surface area contributed by atoms with Gasteiger partial charge >= 0.3 is 0 Å². The molecule has 1 aromatic heterocycles. The maximum absolute atomic E-state index is 13.3. The van der Waals surface area contributed by atoms with Crippen molar-refractivity contribution in [2.45, 2.75) is 26.2 Å². The standard InChI is InChI=1S/C30H36N4O5S/c1-22-6-3-4-7-26(22)32-15-17-33(18-16-32)27-10-9-24(21-25(27)31-30(36)29-8-5-19-39-29)28(35)20-23-11-13-34(14-12-23)40(2,37)38/h3-10,19,21,23H,11-18,20H2,1-2H3,(H,31,36). The van der Waals surface area contributed by atoms with Crippen LogP contribution in [0.1, 0.15) is 45.7 Å². The number of furan rings is 1. The molecule has 5 rings (SSSR count). The lowest BCUT2D eigenvalue weighted by molar-refractivity contribution is 0.0943. The van der Waals surface area contributed by atoms with Crippen LogP contribution in [0.2, 0.25) is 0 Å². The Morgan fingerprint density at radius 2 is 1.57 bits per heavy atom. The van der Waals surface area contributed by atoms with Crippen LogP contribution in [0.25, 0.3) is 0 Å². The van der Waals surface area contributed by atoms with E-state index in [-0.39, 0.29) is 23.4 Å². The van der Waals surface area contributed by atoms with E-state index in [0.29, 0.717) is 43.6 Å². The number of sulfonamides is 1. The van der Waals surface area contributed by atoms with Crippen LogP contribution in [-0.2, 0) is 10.0 Å². The number of ketones is 1. The smallest absolute Gasteiger partial charge is 0.291 e. The second kappa shape index (κ2) is 11.9. The minimum atomic E-state index is -3.21. The molecule has 0 unspecified atom stereocenters. The number of anilines is 3. The quantitative estimate of drug-likeness (QED) is 0.404. The van der Waals surface area contributed by atoms with Gasteiger partial charge in [-0.2, -0.15) is 0 Å². The maximum Gasteiger partial charge on any atom is 0.291 e. The Bertz CT molecular complexity index is 1450. The molecule has 9 nitrogen and oxygen atoms in total. The van der Waals surface area contributed by atoms with Gasteiger partial charge in [-0.05, 0) is 67.6 Å². The maximum atomic E-state index is 13.3. The largest absolute Gasteiger partial charge is 0.459 e. The van der Waals surface area contributed by atoms with Gasteiger partial charge in [0.2, 0.25) is 10.0 Å². The van der Waals surface area contributed by atoms with Crippen LogP contribution in [0.4, 0.5) is 17.1 Å². The molecule has 3 aromatic rings. The van der Waals surface area contributed by atoms with E-state index in [1.54, 1.807) is 18.2 Å². The lowest BCUT2D eigenvalue weighted by atomic mass is 9.90. The molecule has 0 aliphatic carbocycles. The molecule has 1 N–H and O–H groups in total. The van der Waals surface area contributed by atoms with Crippen molar-refractivity contribution in [2.75, 3.05) is 60.6 Å². The molecule has 0 atom stereocenters. The molecule has 40 heavy (non-hydrogen) atoms. The Hall–Kier alpha value is -3.63. The molecule has 2 aliphatic rings. The predicted molar refractivity (Wildman–Crippen MR) is 157 cm³/mol. The Balaban J connectivity index is 1.31. The topological polar surface area (TPSA) is 103 Å². The van der Waals surface area contributed by atoms with Crippen molar-refractivity contribution in [3.63, 3.8) is 0 Å². The van der Waals surface area contributed by atoms with E-state index >= 15 is 0 Å². The van der Waals surface area contributed by atoms with Gasteiger partial charge in [-0.25, -0.2) is 12.7 Å². The molecule has 3 heterocycles. The van der Waals surface area contributed by atoms with Crippen LogP contribution in [0.3, 0.4) is 0 Å². The van der Waals surface area contributed by atoms with Gasteiger partial charge in [-0.3, -0.25) is 9.59 Å². The number of piperidine rings is 1. The number of hydrogen-bond donors (Lipinski definition) is 1. The number of rotatable bonds is 8. The van der Waals surface area contributed by atoms with Crippen LogP contribution >= 0.6 is 0 Å². The number of Topliss-reactive ketones (excluding diaryl/α,β-unsaturated/α-hetero) is 1. The molecule has 1 amide bonds. The zero-order valence-corrected chi connectivity index (χ0v) is 23.8. The summed E-state index contributed by atoms with van der Waals surface area (Å²) < 4.78 is 30.4. The SMILES string of the molecule is Cc1ccccc1N1CCN(c2ccc(C(=O)CC3CCN(S(C)(=O)=O)CC3)cc2NC(=O)c2ccco2)CC1. The monoisotopic (exact) mass is 564 g/mol. The molecule has 0 radical (unpaired) electrons. The van der Waals surface area contributed by atoms with Gasteiger partial charge in [0.1, 0.15) is 0 Å². The number of nitrogens with one attached hydrogen (secondary N) is 1. The zero-order valence-electron chi connectivity index (χ0n) is 23.0. The van der Waals surface area contributed by atoms with E-state index in [0.717, 1.165) is 31.9 Å². The summed E-state index contributed by atoms with van der Waals surface area (Å²) in [4.78, 5) is 30.8. The second-order valence-corrected chi connectivity index (χ2v) is 12.6. The molecule has 2 aromatic carbocycles. The van der Waals surface area contributed by atoms with Gasteiger partial charge in [0, 0.05) is 56.9 Å². The van der Waals surface area contributed by atoms with Crippen LogP contribution in [0.15, 0.2) is 65.3 Å². The van der Waals surface area contributed by atoms with Gasteiger partial charge < -0.3 is 19.5 Å². The molecule has 2 fully saturated rings. The minimum Gasteiger partial charge on any atom is -0.459 e. The Kier molecular flexibility index (Phi) is 8.27. The average Bonchev–Trinajstić information content (AvgIpc) is 3.49. The first-order valence-electron chi connectivity index (χ1n) is 13.7. The van der Waals surface area contributed by atoms with Crippen molar-refractivity contribution in [3.8, 4) is 0 Å². The first kappa shape index (κ1) is 27.9. The van der Waals surface area contributed by atoms with Crippen molar-refractivity contribution in [3.05, 3.63) is 77.7 Å². The summed E-state index contributed by atoms with van der Waals surface area (Å²) in [6.45, 7) is 6.21. The van der Waals surface area contributed by atoms with E-state index in [2.05, 4.69) is 40.2 Å². The molecule has 0 bridgehead atoms. The molecular formula is C30H36N4O5S. The third-order valence-corrected chi connectivity index (χ3v) is 9.21. The second-order valence-electron chi connectivity index (χ2n) is 10.7. The molecule has 2 saturated heterocycles. The summed E-state index contributed by atoms with van der Waals surface area (Å²) in [6, 6.07) is 17.1. The fourth-order valence-electron chi connectivity index (χ4n) is 5.61. The number of piperazine rings is 1. The van der Waals surface area contributed by atoms with Gasteiger partial charge in [0.25, 0.3) is 5.91 Å². The molecule has 2 aliphatic heterocycles. The number of carbonyl (C=O) groups is 2. The number of hydrogen-bond acceptors (Lipinski definition) is 7. The number of amides is 1. The number of carbonyl (C=O) groups excluding carboxylic acids is 2. The highest BCUT2D eigenvalue weighted by Crippen LogP contribution is 2.32. The molecule has 0 spiro atoms. The van der Waals surface area contributed by atoms with E-state index in [4.69, 9.17) is 4.42 Å². The third kappa shape index (κ3) is 6.39. The Labute approximate surface area is 235 Å². The highest BCUT2D eigenvalue weighted by Gasteiger charge is 2.27. The fourth-order valence-corrected chi connectivity index (χ4v) is 6.48. The van der Waals surface area contributed by atoms with Gasteiger partial charge in [-0.15, -0.1) is 0 Å². The van der Waals surface area contributed by atoms with E-state index < -0.39 is 10.0 Å². The number of para-hydroxylation sites is 1. The third-order valence-electron chi connectivity index (χ3n) is 7.90. The molecule has 212 valence electrons. The van der Waals surface area contributed by atoms with Crippen molar-refractivity contribution >= 4 is 38.8 Å². The molecule has 10 heteroatoms. The van der Waals surface area contributed by atoms with Crippen molar-refractivity contribution in [1.82, 2.24) is 4.31 Å². The zero-order chi connectivity index (χ0) is 28.3. The normalized spacial score (nSPS) is 17.1. The Morgan fingerprint density at radius 3 is 2.20 bits per heavy atom. The summed E-state index contributed by atoms with van der Waals surface area (Å²) in [6.07, 6.45) is 4.34. The first-order valence-corrected chi connectivity index (χ1v) is 15.6. The first-order chi connectivity index (χ1) is 19.2. The average molecular weight is 565 g/mol. The fraction of sp³-hybridized carbons (Fsp3) is 0.400. The van der Waals surface area contributed by atoms with E-state index in [1.165, 1.54) is 28.1 Å². The van der Waals surface area contributed by atoms with Crippen LogP contribution in [-0.4, -0.2) is 69.9 Å². The summed E-state index contributed by atoms with van der Waals surface area (Å²) in [5.41, 5.74) is 4.44. The summed E-state index contributed by atoms with van der Waals surface area (Å²) in [5.74, 6) is -0.0599. The predicted octanol–water partition coefficient (Wildman–Crippen LogP) is 4.41. The highest BCUT2D eigenvalue weighted by atomic mass is 32.2. The molecular weight excluding hydrogens is 528 g/mol. The number of benzene rings is 2. The number of nitrogens with zero attached hydrogens (tertiary/aromatic N) is 3. The summed E-state index contributed by atoms with van der Waals surface area (Å²) >= 11 is 0. The summed E-state index contributed by atoms with van der Waals surface area (Å²) in [5, 5.41) is 2.97. The number of aryl methyl sites for hydroxylation is 1. The Morgan fingerprint density at radius 1 is 0.900 bits per heavy atom. The van der Waals surface area contributed by atoms with Crippen molar-refractivity contribution in [2.24, 2.45) is 5.92 Å². The van der Waals surface area contributed by atoms with Crippen LogP contribution in [0, 0.1) is 12.8 Å².